The molecule has 1 heterocycles. The van der Waals surface area contributed by atoms with E-state index in [-0.39, 0.29) is 12.3 Å². The number of aliphatic hydroxyl groups is 3. The Labute approximate surface area is 103 Å². The zero-order valence-electron chi connectivity index (χ0n) is 9.43. The van der Waals surface area contributed by atoms with Crippen molar-refractivity contribution < 1.29 is 20.2 Å². The molecule has 0 spiro atoms. The molecule has 1 aromatic carbocycles. The molecular weight excluding hydrogens is 240 g/mol. The predicted molar refractivity (Wildman–Crippen MR) is 61.9 cm³/mol. The molecule has 0 bridgehead atoms. The number of rotatable bonds is 3. The molecule has 4 N–H and O–H groups in total. The lowest BCUT2D eigenvalue weighted by Gasteiger charge is -2.15. The number of hydrogen-bond acceptors (Lipinski definition) is 6. The summed E-state index contributed by atoms with van der Waals surface area (Å²) in [6.45, 7) is -0.316. The van der Waals surface area contributed by atoms with Gasteiger partial charge in [-0.25, -0.2) is 0 Å². The molecule has 1 fully saturated rings. The summed E-state index contributed by atoms with van der Waals surface area (Å²) < 4.78 is 0. The number of nitrogens with one attached hydrogen (secondary N) is 1. The highest BCUT2D eigenvalue weighted by Crippen LogP contribution is 2.29. The minimum atomic E-state index is -1.11. The van der Waals surface area contributed by atoms with Crippen LogP contribution in [-0.2, 0) is 0 Å². The summed E-state index contributed by atoms with van der Waals surface area (Å²) in [5, 5.41) is 42.0. The van der Waals surface area contributed by atoms with Crippen molar-refractivity contribution in [3.05, 3.63) is 39.9 Å². The lowest BCUT2D eigenvalue weighted by atomic mass is 10.0. The Morgan fingerprint density at radius 2 is 2.06 bits per heavy atom. The molecule has 1 aromatic rings. The van der Waals surface area contributed by atoms with Crippen LogP contribution in [0, 0.1) is 10.1 Å². The zero-order chi connectivity index (χ0) is 13.3. The smallest absolute Gasteiger partial charge is 0.269 e. The van der Waals surface area contributed by atoms with Gasteiger partial charge in [-0.2, -0.15) is 0 Å². The van der Waals surface area contributed by atoms with Gasteiger partial charge >= 0.3 is 0 Å². The van der Waals surface area contributed by atoms with Crippen LogP contribution in [0.3, 0.4) is 0 Å². The van der Waals surface area contributed by atoms with Gasteiger partial charge in [-0.15, -0.1) is 0 Å². The number of benzene rings is 1. The molecule has 1 aliphatic rings. The van der Waals surface area contributed by atoms with Gasteiger partial charge < -0.3 is 20.6 Å². The van der Waals surface area contributed by atoms with Crippen molar-refractivity contribution in [2.24, 2.45) is 0 Å². The van der Waals surface area contributed by atoms with Gasteiger partial charge in [-0.05, 0) is 5.56 Å². The third-order valence-corrected chi connectivity index (χ3v) is 3.13. The third kappa shape index (κ3) is 2.21. The Kier molecular flexibility index (Phi) is 3.58. The molecule has 0 aromatic heterocycles. The molecular formula is C11H14N2O5. The monoisotopic (exact) mass is 254 g/mol. The lowest BCUT2D eigenvalue weighted by Crippen LogP contribution is -2.35. The van der Waals surface area contributed by atoms with Crippen molar-refractivity contribution in [3.8, 4) is 0 Å². The van der Waals surface area contributed by atoms with Crippen molar-refractivity contribution in [2.75, 3.05) is 6.61 Å². The van der Waals surface area contributed by atoms with Gasteiger partial charge in [0.2, 0.25) is 0 Å². The van der Waals surface area contributed by atoms with Crippen molar-refractivity contribution in [2.45, 2.75) is 24.3 Å². The standard InChI is InChI=1S/C11H14N2O5/c14-5-8-10(15)11(16)9(12-8)6-2-1-3-7(4-6)13(17)18/h1-4,8-12,14-16H,5H2. The molecule has 0 aliphatic carbocycles. The summed E-state index contributed by atoms with van der Waals surface area (Å²) in [5.41, 5.74) is 0.426. The van der Waals surface area contributed by atoms with E-state index in [9.17, 15) is 20.3 Å². The topological polar surface area (TPSA) is 116 Å². The Morgan fingerprint density at radius 3 is 2.61 bits per heavy atom. The first-order valence-corrected chi connectivity index (χ1v) is 5.52. The second-order valence-electron chi connectivity index (χ2n) is 4.27. The van der Waals surface area contributed by atoms with E-state index in [1.807, 2.05) is 0 Å². The van der Waals surface area contributed by atoms with Crippen LogP contribution in [0.5, 0.6) is 0 Å². The van der Waals surface area contributed by atoms with Crippen LogP contribution in [0.1, 0.15) is 11.6 Å². The number of hydrogen-bond donors (Lipinski definition) is 4. The molecule has 18 heavy (non-hydrogen) atoms. The number of non-ortho nitro benzene ring substituents is 1. The van der Waals surface area contributed by atoms with Crippen LogP contribution >= 0.6 is 0 Å². The average Bonchev–Trinajstić information content (AvgIpc) is 2.66. The van der Waals surface area contributed by atoms with Crippen LogP contribution in [0.4, 0.5) is 5.69 Å². The van der Waals surface area contributed by atoms with Gasteiger partial charge in [0.1, 0.15) is 6.10 Å². The van der Waals surface area contributed by atoms with E-state index in [2.05, 4.69) is 5.32 Å². The van der Waals surface area contributed by atoms with Crippen LogP contribution in [0.15, 0.2) is 24.3 Å². The van der Waals surface area contributed by atoms with E-state index in [1.165, 1.54) is 18.2 Å². The number of nitro benzene ring substituents is 1. The molecule has 7 nitrogen and oxygen atoms in total. The fraction of sp³-hybridized carbons (Fsp3) is 0.455. The van der Waals surface area contributed by atoms with E-state index in [0.29, 0.717) is 5.56 Å². The van der Waals surface area contributed by atoms with Crippen molar-refractivity contribution in [1.82, 2.24) is 5.32 Å². The Bertz CT molecular complexity index is 453. The van der Waals surface area contributed by atoms with Gasteiger partial charge in [-0.3, -0.25) is 10.1 Å². The molecule has 0 saturated carbocycles. The maximum Gasteiger partial charge on any atom is 0.269 e. The van der Waals surface area contributed by atoms with Gasteiger partial charge in [0.15, 0.2) is 0 Å². The summed E-state index contributed by atoms with van der Waals surface area (Å²) in [7, 11) is 0. The minimum Gasteiger partial charge on any atom is -0.395 e. The van der Waals surface area contributed by atoms with Crippen LogP contribution in [-0.4, -0.2) is 45.1 Å². The summed E-state index contributed by atoms with van der Waals surface area (Å²) in [4.78, 5) is 10.1. The summed E-state index contributed by atoms with van der Waals surface area (Å²) in [5.74, 6) is 0. The average molecular weight is 254 g/mol. The molecule has 2 rings (SSSR count). The number of aliphatic hydroxyl groups excluding tert-OH is 3. The lowest BCUT2D eigenvalue weighted by molar-refractivity contribution is -0.384. The van der Waals surface area contributed by atoms with Crippen molar-refractivity contribution in [3.63, 3.8) is 0 Å². The first kappa shape index (κ1) is 12.9. The second kappa shape index (κ2) is 4.99. The normalized spacial score (nSPS) is 31.5. The summed E-state index contributed by atoms with van der Waals surface area (Å²) >= 11 is 0. The highest BCUT2D eigenvalue weighted by Gasteiger charge is 2.41. The fourth-order valence-corrected chi connectivity index (χ4v) is 2.15. The highest BCUT2D eigenvalue weighted by molar-refractivity contribution is 5.37. The molecule has 0 amide bonds. The molecule has 1 aliphatic heterocycles. The first-order chi connectivity index (χ1) is 8.54. The third-order valence-electron chi connectivity index (χ3n) is 3.13. The fourth-order valence-electron chi connectivity index (χ4n) is 2.15. The van der Waals surface area contributed by atoms with E-state index in [0.717, 1.165) is 0 Å². The van der Waals surface area contributed by atoms with Crippen molar-refractivity contribution in [1.29, 1.82) is 0 Å². The van der Waals surface area contributed by atoms with E-state index in [1.54, 1.807) is 6.07 Å². The minimum absolute atomic E-state index is 0.0801. The molecule has 1 saturated heterocycles. The van der Waals surface area contributed by atoms with Crippen LogP contribution in [0.25, 0.3) is 0 Å². The van der Waals surface area contributed by atoms with E-state index in [4.69, 9.17) is 5.11 Å². The Hall–Kier alpha value is -1.54. The van der Waals surface area contributed by atoms with Crippen molar-refractivity contribution >= 4 is 5.69 Å². The Morgan fingerprint density at radius 1 is 1.33 bits per heavy atom. The summed E-state index contributed by atoms with van der Waals surface area (Å²) in [6, 6.07) is 4.57. The quantitative estimate of drug-likeness (QED) is 0.419. The molecule has 4 unspecified atom stereocenters. The molecule has 0 radical (unpaired) electrons. The van der Waals surface area contributed by atoms with Gasteiger partial charge in [0.25, 0.3) is 5.69 Å². The maximum absolute atomic E-state index is 10.7. The van der Waals surface area contributed by atoms with E-state index < -0.39 is 29.2 Å². The van der Waals surface area contributed by atoms with Gasteiger partial charge in [0.05, 0.1) is 29.7 Å². The molecule has 7 heteroatoms. The summed E-state index contributed by atoms with van der Waals surface area (Å²) in [6.07, 6.45) is -2.21. The Balaban J connectivity index is 2.27. The maximum atomic E-state index is 10.7. The second-order valence-corrected chi connectivity index (χ2v) is 4.27. The SMILES string of the molecule is O=[N+]([O-])c1cccc(C2NC(CO)C(O)C2O)c1. The largest absolute Gasteiger partial charge is 0.395 e. The predicted octanol–water partition coefficient (Wildman–Crippen LogP) is -0.678. The van der Waals surface area contributed by atoms with E-state index >= 15 is 0 Å². The van der Waals surface area contributed by atoms with Crippen LogP contribution < -0.4 is 5.32 Å². The number of nitro groups is 1. The zero-order valence-corrected chi connectivity index (χ0v) is 9.43. The van der Waals surface area contributed by atoms with Crippen LogP contribution in [0.2, 0.25) is 0 Å². The number of nitrogens with zero attached hydrogens (tertiary/aromatic N) is 1. The van der Waals surface area contributed by atoms with Gasteiger partial charge in [0, 0.05) is 12.1 Å². The molecule has 98 valence electrons. The highest BCUT2D eigenvalue weighted by atomic mass is 16.6. The van der Waals surface area contributed by atoms with Gasteiger partial charge in [-0.1, -0.05) is 12.1 Å². The molecule has 4 atom stereocenters. The first-order valence-electron chi connectivity index (χ1n) is 5.52.